The summed E-state index contributed by atoms with van der Waals surface area (Å²) >= 11 is 0. The first kappa shape index (κ1) is 12.9. The van der Waals surface area contributed by atoms with E-state index < -0.39 is 0 Å². The maximum Gasteiger partial charge on any atom is 0.0312 e. The summed E-state index contributed by atoms with van der Waals surface area (Å²) in [6, 6.07) is 9.22. The van der Waals surface area contributed by atoms with Gasteiger partial charge in [-0.1, -0.05) is 77.1 Å². The topological polar surface area (TPSA) is 0 Å². The first-order chi connectivity index (χ1) is 9.91. The van der Waals surface area contributed by atoms with Gasteiger partial charge in [0.15, 0.2) is 0 Å². The van der Waals surface area contributed by atoms with Crippen LogP contribution in [0.3, 0.4) is 0 Å². The Hall–Kier alpha value is -0.780. The minimum absolute atomic E-state index is 0.181. The van der Waals surface area contributed by atoms with Crippen molar-refractivity contribution in [2.45, 2.75) is 77.0 Å². The highest BCUT2D eigenvalue weighted by Crippen LogP contribution is 2.48. The summed E-state index contributed by atoms with van der Waals surface area (Å²) in [7, 11) is 0. The standard InChI is InChI=1S/C20H30/c1-20(2,3)17-13-11-16(12-14-17)19-10-6-9-18(19)15-7-4-5-8-15/h11-15,18-19H,4-10H2,1-3H3/i18D. The monoisotopic (exact) mass is 271 g/mol. The van der Waals surface area contributed by atoms with Crippen LogP contribution in [0.1, 0.15) is 84.1 Å². The Morgan fingerprint density at radius 3 is 2.15 bits per heavy atom. The van der Waals surface area contributed by atoms with Gasteiger partial charge in [-0.05, 0) is 47.1 Å². The molecule has 0 radical (unpaired) electrons. The van der Waals surface area contributed by atoms with Crippen molar-refractivity contribution in [2.24, 2.45) is 11.8 Å². The molecule has 2 saturated carbocycles. The summed E-state index contributed by atoms with van der Waals surface area (Å²) < 4.78 is 9.15. The average Bonchev–Trinajstić information content (AvgIpc) is 3.07. The molecular weight excluding hydrogens is 240 g/mol. The van der Waals surface area contributed by atoms with Gasteiger partial charge in [-0.2, -0.15) is 0 Å². The molecule has 0 aromatic heterocycles. The van der Waals surface area contributed by atoms with Gasteiger partial charge in [0.1, 0.15) is 0 Å². The molecule has 0 saturated heterocycles. The van der Waals surface area contributed by atoms with E-state index in [1.807, 2.05) is 0 Å². The fourth-order valence-corrected chi connectivity index (χ4v) is 4.25. The van der Waals surface area contributed by atoms with Gasteiger partial charge in [0, 0.05) is 1.37 Å². The summed E-state index contributed by atoms with van der Waals surface area (Å²) in [4.78, 5) is 0. The Morgan fingerprint density at radius 2 is 1.55 bits per heavy atom. The Morgan fingerprint density at radius 1 is 0.900 bits per heavy atom. The lowest BCUT2D eigenvalue weighted by Gasteiger charge is -2.27. The third-order valence-corrected chi connectivity index (χ3v) is 5.46. The molecule has 2 fully saturated rings. The van der Waals surface area contributed by atoms with Crippen LogP contribution in [-0.2, 0) is 5.41 Å². The van der Waals surface area contributed by atoms with Gasteiger partial charge in [0.2, 0.25) is 0 Å². The van der Waals surface area contributed by atoms with Gasteiger partial charge in [-0.3, -0.25) is 0 Å². The largest absolute Gasteiger partial charge is 0.0585 e. The van der Waals surface area contributed by atoms with E-state index in [0.717, 1.165) is 6.42 Å². The molecule has 0 nitrogen and oxygen atoms in total. The maximum atomic E-state index is 9.15. The zero-order chi connectivity index (χ0) is 15.1. The SMILES string of the molecule is [2H]C1(C2CCCC2)CCCC1c1ccc(C(C)(C)C)cc1. The predicted octanol–water partition coefficient (Wildman–Crippen LogP) is 6.06. The average molecular weight is 271 g/mol. The van der Waals surface area contributed by atoms with E-state index in [1.54, 1.807) is 0 Å². The van der Waals surface area contributed by atoms with Crippen LogP contribution in [0, 0.1) is 11.8 Å². The molecule has 0 amide bonds. The third kappa shape index (κ3) is 2.80. The first-order valence-corrected chi connectivity index (χ1v) is 8.52. The smallest absolute Gasteiger partial charge is 0.0312 e. The highest BCUT2D eigenvalue weighted by Gasteiger charge is 2.35. The molecule has 3 rings (SSSR count). The van der Waals surface area contributed by atoms with Crippen LogP contribution in [0.4, 0.5) is 0 Å². The van der Waals surface area contributed by atoms with Crippen molar-refractivity contribution in [3.8, 4) is 0 Å². The Labute approximate surface area is 126 Å². The summed E-state index contributed by atoms with van der Waals surface area (Å²) in [5.74, 6) is 0.932. The third-order valence-electron chi connectivity index (χ3n) is 5.46. The Bertz CT molecular complexity index is 476. The molecular formula is C20H30. The lowest BCUT2D eigenvalue weighted by Crippen LogP contribution is -2.16. The molecule has 1 aromatic rings. The van der Waals surface area contributed by atoms with E-state index in [2.05, 4.69) is 45.0 Å². The lowest BCUT2D eigenvalue weighted by atomic mass is 9.78. The van der Waals surface area contributed by atoms with Gasteiger partial charge in [0.05, 0.1) is 0 Å². The zero-order valence-corrected chi connectivity index (χ0v) is 13.4. The van der Waals surface area contributed by atoms with Crippen molar-refractivity contribution in [1.29, 1.82) is 0 Å². The van der Waals surface area contributed by atoms with Crippen LogP contribution in [0.15, 0.2) is 24.3 Å². The van der Waals surface area contributed by atoms with Crippen molar-refractivity contribution in [3.63, 3.8) is 0 Å². The molecule has 2 atom stereocenters. The van der Waals surface area contributed by atoms with Gasteiger partial charge in [0.25, 0.3) is 0 Å². The van der Waals surface area contributed by atoms with Crippen molar-refractivity contribution >= 4 is 0 Å². The first-order valence-electron chi connectivity index (χ1n) is 9.02. The molecule has 0 spiro atoms. The molecule has 1 aromatic carbocycles. The number of benzene rings is 1. The minimum Gasteiger partial charge on any atom is -0.0585 e. The van der Waals surface area contributed by atoms with Crippen molar-refractivity contribution in [1.82, 2.24) is 0 Å². The summed E-state index contributed by atoms with van der Waals surface area (Å²) in [5, 5.41) is 0. The molecule has 0 N–H and O–H groups in total. The highest BCUT2D eigenvalue weighted by atomic mass is 14.4. The summed E-state index contributed by atoms with van der Waals surface area (Å²) in [6.07, 6.45) is 8.85. The highest BCUT2D eigenvalue weighted by molar-refractivity contribution is 5.30. The van der Waals surface area contributed by atoms with Gasteiger partial charge in [-0.25, -0.2) is 0 Å². The molecule has 0 heteroatoms. The van der Waals surface area contributed by atoms with E-state index >= 15 is 0 Å². The fourth-order valence-electron chi connectivity index (χ4n) is 4.25. The number of hydrogen-bond acceptors (Lipinski definition) is 0. The molecule has 0 heterocycles. The van der Waals surface area contributed by atoms with E-state index in [1.165, 1.54) is 49.7 Å². The molecule has 2 aliphatic carbocycles. The van der Waals surface area contributed by atoms with Crippen LogP contribution in [-0.4, -0.2) is 0 Å². The van der Waals surface area contributed by atoms with E-state index in [4.69, 9.17) is 1.37 Å². The van der Waals surface area contributed by atoms with Gasteiger partial charge >= 0.3 is 0 Å². The van der Waals surface area contributed by atoms with Crippen molar-refractivity contribution in [2.75, 3.05) is 0 Å². The van der Waals surface area contributed by atoms with Gasteiger partial charge in [-0.15, -0.1) is 0 Å². The maximum absolute atomic E-state index is 9.15. The van der Waals surface area contributed by atoms with E-state index in [9.17, 15) is 0 Å². The van der Waals surface area contributed by atoms with Crippen LogP contribution >= 0.6 is 0 Å². The Kier molecular flexibility index (Phi) is 3.58. The normalized spacial score (nSPS) is 32.5. The predicted molar refractivity (Wildman–Crippen MR) is 87.2 cm³/mol. The van der Waals surface area contributed by atoms with E-state index in [-0.39, 0.29) is 11.3 Å². The van der Waals surface area contributed by atoms with E-state index in [0.29, 0.717) is 11.8 Å². The Balaban J connectivity index is 1.85. The van der Waals surface area contributed by atoms with Crippen molar-refractivity contribution < 1.29 is 1.37 Å². The lowest BCUT2D eigenvalue weighted by molar-refractivity contribution is 0.316. The zero-order valence-electron chi connectivity index (χ0n) is 14.4. The second kappa shape index (κ2) is 5.54. The molecule has 110 valence electrons. The quantitative estimate of drug-likeness (QED) is 0.613. The van der Waals surface area contributed by atoms with Crippen LogP contribution in [0.2, 0.25) is 0 Å². The van der Waals surface area contributed by atoms with Crippen molar-refractivity contribution in [3.05, 3.63) is 35.4 Å². The molecule has 2 aliphatic rings. The fraction of sp³-hybridized carbons (Fsp3) is 0.700. The molecule has 0 aliphatic heterocycles. The van der Waals surface area contributed by atoms with Gasteiger partial charge < -0.3 is 0 Å². The molecule has 20 heavy (non-hydrogen) atoms. The second-order valence-electron chi connectivity index (χ2n) is 7.87. The van der Waals surface area contributed by atoms with Crippen LogP contribution in [0.25, 0.3) is 0 Å². The summed E-state index contributed by atoms with van der Waals surface area (Å²) in [6.45, 7) is 6.81. The number of rotatable bonds is 2. The minimum atomic E-state index is -0.181. The van der Waals surface area contributed by atoms with Crippen LogP contribution < -0.4 is 0 Å². The van der Waals surface area contributed by atoms with Crippen LogP contribution in [0.5, 0.6) is 0 Å². The molecule has 0 bridgehead atoms. The number of hydrogen-bond donors (Lipinski definition) is 0. The summed E-state index contributed by atoms with van der Waals surface area (Å²) in [5.41, 5.74) is 3.04. The second-order valence-corrected chi connectivity index (χ2v) is 7.87. The molecule has 2 unspecified atom stereocenters.